The second-order valence-electron chi connectivity index (χ2n) is 3.86. The van der Waals surface area contributed by atoms with Gasteiger partial charge in [0.1, 0.15) is 0 Å². The van der Waals surface area contributed by atoms with E-state index in [0.29, 0.717) is 10.7 Å². The van der Waals surface area contributed by atoms with E-state index in [1.54, 1.807) is 25.1 Å². The maximum absolute atomic E-state index is 11.8. The molecule has 18 heavy (non-hydrogen) atoms. The van der Waals surface area contributed by atoms with E-state index in [4.69, 9.17) is 16.7 Å². The maximum Gasteiger partial charge on any atom is 0.337 e. The lowest BCUT2D eigenvalue weighted by Gasteiger charge is -2.10. The largest absolute Gasteiger partial charge is 0.478 e. The highest BCUT2D eigenvalue weighted by molar-refractivity contribution is 6.30. The molecule has 0 aliphatic heterocycles. The molecule has 0 spiro atoms. The summed E-state index contributed by atoms with van der Waals surface area (Å²) in [5.41, 5.74) is 1.19. The Morgan fingerprint density at radius 2 is 2.00 bits per heavy atom. The van der Waals surface area contributed by atoms with Crippen molar-refractivity contribution >= 4 is 17.6 Å². The molecule has 0 atom stereocenters. The standard InChI is InChI=1S/C13H10ClNO3/c1-8-6-10(14)3-4-11(8)15-7-9(13(17)18)2-5-12(15)16/h2-7H,1H3,(H,17,18). The molecule has 0 fully saturated rings. The summed E-state index contributed by atoms with van der Waals surface area (Å²) < 4.78 is 1.30. The number of nitrogens with zero attached hydrogens (tertiary/aromatic N) is 1. The molecule has 1 heterocycles. The molecule has 1 aromatic heterocycles. The normalized spacial score (nSPS) is 10.3. The third-order valence-corrected chi connectivity index (χ3v) is 2.81. The molecule has 1 N–H and O–H groups in total. The summed E-state index contributed by atoms with van der Waals surface area (Å²) in [6.45, 7) is 1.81. The van der Waals surface area contributed by atoms with Gasteiger partial charge in [-0.3, -0.25) is 9.36 Å². The zero-order valence-corrected chi connectivity index (χ0v) is 10.3. The van der Waals surface area contributed by atoms with Crippen LogP contribution in [0.1, 0.15) is 15.9 Å². The average molecular weight is 264 g/mol. The molecule has 0 aliphatic rings. The van der Waals surface area contributed by atoms with E-state index in [1.165, 1.54) is 22.9 Å². The zero-order chi connectivity index (χ0) is 13.3. The number of benzene rings is 1. The monoisotopic (exact) mass is 263 g/mol. The Bertz CT molecular complexity index is 676. The number of halogens is 1. The summed E-state index contributed by atoms with van der Waals surface area (Å²) >= 11 is 5.84. The Morgan fingerprint density at radius 3 is 2.61 bits per heavy atom. The van der Waals surface area contributed by atoms with Gasteiger partial charge in [0, 0.05) is 17.3 Å². The van der Waals surface area contributed by atoms with Crippen molar-refractivity contribution < 1.29 is 9.90 Å². The Labute approximate surface area is 108 Å². The van der Waals surface area contributed by atoms with Gasteiger partial charge in [0.25, 0.3) is 5.56 Å². The Morgan fingerprint density at radius 1 is 1.28 bits per heavy atom. The Kier molecular flexibility index (Phi) is 3.21. The lowest BCUT2D eigenvalue weighted by molar-refractivity contribution is 0.0696. The quantitative estimate of drug-likeness (QED) is 0.906. The molecule has 0 saturated heterocycles. The van der Waals surface area contributed by atoms with E-state index in [2.05, 4.69) is 0 Å². The molecule has 0 unspecified atom stereocenters. The van der Waals surface area contributed by atoms with Crippen molar-refractivity contribution in [1.29, 1.82) is 0 Å². The van der Waals surface area contributed by atoms with Gasteiger partial charge in [-0.05, 0) is 36.8 Å². The van der Waals surface area contributed by atoms with Crippen LogP contribution in [0.5, 0.6) is 0 Å². The van der Waals surface area contributed by atoms with Crippen LogP contribution in [0, 0.1) is 6.92 Å². The first-order chi connectivity index (χ1) is 8.49. The molecular weight excluding hydrogens is 254 g/mol. The molecule has 5 heteroatoms. The number of aryl methyl sites for hydroxylation is 1. The fourth-order valence-corrected chi connectivity index (χ4v) is 1.92. The predicted molar refractivity (Wildman–Crippen MR) is 68.7 cm³/mol. The predicted octanol–water partition coefficient (Wildman–Crippen LogP) is 2.50. The van der Waals surface area contributed by atoms with Crippen LogP contribution in [0.2, 0.25) is 5.02 Å². The lowest BCUT2D eigenvalue weighted by Crippen LogP contribution is -2.19. The number of hydrogen-bond donors (Lipinski definition) is 1. The van der Waals surface area contributed by atoms with Crippen LogP contribution >= 0.6 is 11.6 Å². The van der Waals surface area contributed by atoms with Gasteiger partial charge in [0.05, 0.1) is 11.3 Å². The van der Waals surface area contributed by atoms with Crippen LogP contribution in [0.15, 0.2) is 41.3 Å². The van der Waals surface area contributed by atoms with Crippen LogP contribution in [-0.2, 0) is 0 Å². The second-order valence-corrected chi connectivity index (χ2v) is 4.30. The topological polar surface area (TPSA) is 59.3 Å². The molecule has 1 aromatic carbocycles. The molecular formula is C13H10ClNO3. The summed E-state index contributed by atoms with van der Waals surface area (Å²) in [5.74, 6) is -1.07. The Balaban J connectivity index is 2.66. The SMILES string of the molecule is Cc1cc(Cl)ccc1-n1cc(C(=O)O)ccc1=O. The highest BCUT2D eigenvalue weighted by Gasteiger charge is 2.08. The molecule has 0 saturated carbocycles. The van der Waals surface area contributed by atoms with Gasteiger partial charge in [-0.15, -0.1) is 0 Å². The van der Waals surface area contributed by atoms with E-state index in [-0.39, 0.29) is 11.1 Å². The van der Waals surface area contributed by atoms with E-state index >= 15 is 0 Å². The summed E-state index contributed by atoms with van der Waals surface area (Å²) in [6, 6.07) is 7.58. The molecule has 0 amide bonds. The number of aromatic carboxylic acids is 1. The van der Waals surface area contributed by atoms with E-state index in [9.17, 15) is 9.59 Å². The van der Waals surface area contributed by atoms with Crippen LogP contribution in [-0.4, -0.2) is 15.6 Å². The van der Waals surface area contributed by atoms with E-state index < -0.39 is 5.97 Å². The number of aromatic nitrogens is 1. The number of carbonyl (C=O) groups is 1. The fourth-order valence-electron chi connectivity index (χ4n) is 1.69. The third kappa shape index (κ3) is 2.28. The van der Waals surface area contributed by atoms with Crippen molar-refractivity contribution in [3.63, 3.8) is 0 Å². The molecule has 2 aromatic rings. The minimum Gasteiger partial charge on any atom is -0.478 e. The summed E-state index contributed by atoms with van der Waals surface area (Å²) in [6.07, 6.45) is 1.31. The fraction of sp³-hybridized carbons (Fsp3) is 0.0769. The zero-order valence-electron chi connectivity index (χ0n) is 9.55. The number of carboxylic acid groups (broad SMARTS) is 1. The number of pyridine rings is 1. The van der Waals surface area contributed by atoms with Crippen molar-refractivity contribution in [2.45, 2.75) is 6.92 Å². The highest BCUT2D eigenvalue weighted by atomic mass is 35.5. The highest BCUT2D eigenvalue weighted by Crippen LogP contribution is 2.18. The third-order valence-electron chi connectivity index (χ3n) is 2.58. The Hall–Kier alpha value is -2.07. The molecule has 0 bridgehead atoms. The van der Waals surface area contributed by atoms with E-state index in [0.717, 1.165) is 5.56 Å². The van der Waals surface area contributed by atoms with Crippen LogP contribution in [0.25, 0.3) is 5.69 Å². The van der Waals surface area contributed by atoms with Crippen LogP contribution < -0.4 is 5.56 Å². The summed E-state index contributed by atoms with van der Waals surface area (Å²) in [4.78, 5) is 22.7. The van der Waals surface area contributed by atoms with Gasteiger partial charge in [0.15, 0.2) is 0 Å². The van der Waals surface area contributed by atoms with Crippen molar-refractivity contribution in [2.24, 2.45) is 0 Å². The minimum atomic E-state index is -1.07. The van der Waals surface area contributed by atoms with Gasteiger partial charge in [-0.2, -0.15) is 0 Å². The molecule has 0 radical (unpaired) electrons. The van der Waals surface area contributed by atoms with Crippen LogP contribution in [0.4, 0.5) is 0 Å². The van der Waals surface area contributed by atoms with Gasteiger partial charge >= 0.3 is 5.97 Å². The van der Waals surface area contributed by atoms with Crippen molar-refractivity contribution in [3.8, 4) is 5.69 Å². The van der Waals surface area contributed by atoms with Crippen molar-refractivity contribution in [2.75, 3.05) is 0 Å². The first kappa shape index (κ1) is 12.4. The first-order valence-electron chi connectivity index (χ1n) is 5.21. The number of carboxylic acids is 1. The summed E-state index contributed by atoms with van der Waals surface area (Å²) in [5, 5.41) is 9.49. The van der Waals surface area contributed by atoms with Gasteiger partial charge in [-0.1, -0.05) is 11.6 Å². The van der Waals surface area contributed by atoms with E-state index in [1.807, 2.05) is 0 Å². The molecule has 0 aliphatic carbocycles. The number of rotatable bonds is 2. The van der Waals surface area contributed by atoms with Crippen molar-refractivity contribution in [3.05, 3.63) is 63.0 Å². The van der Waals surface area contributed by atoms with Gasteiger partial charge in [-0.25, -0.2) is 4.79 Å². The summed E-state index contributed by atoms with van der Waals surface area (Å²) in [7, 11) is 0. The molecule has 4 nitrogen and oxygen atoms in total. The average Bonchev–Trinajstić information content (AvgIpc) is 2.30. The minimum absolute atomic E-state index is 0.0592. The molecule has 2 rings (SSSR count). The smallest absolute Gasteiger partial charge is 0.337 e. The molecule has 92 valence electrons. The first-order valence-corrected chi connectivity index (χ1v) is 5.59. The van der Waals surface area contributed by atoms with Crippen molar-refractivity contribution in [1.82, 2.24) is 4.57 Å². The second kappa shape index (κ2) is 4.66. The van der Waals surface area contributed by atoms with Gasteiger partial charge in [0.2, 0.25) is 0 Å². The lowest BCUT2D eigenvalue weighted by atomic mass is 10.2. The maximum atomic E-state index is 11.8. The van der Waals surface area contributed by atoms with Gasteiger partial charge < -0.3 is 5.11 Å². The van der Waals surface area contributed by atoms with Crippen LogP contribution in [0.3, 0.4) is 0 Å². The number of hydrogen-bond acceptors (Lipinski definition) is 2.